The van der Waals surface area contributed by atoms with E-state index < -0.39 is 10.0 Å². The van der Waals surface area contributed by atoms with E-state index in [9.17, 15) is 13.2 Å². The number of nitrogens with one attached hydrogen (secondary N) is 1. The molecule has 1 heterocycles. The monoisotopic (exact) mass is 513 g/mol. The number of benzene rings is 3. The Bertz CT molecular complexity index is 1190. The van der Waals surface area contributed by atoms with Gasteiger partial charge in [0.2, 0.25) is 10.0 Å². The minimum atomic E-state index is -3.46. The van der Waals surface area contributed by atoms with Crippen LogP contribution in [0.1, 0.15) is 15.9 Å². The fraction of sp³-hybridized carbons (Fsp3) is 0.208. The van der Waals surface area contributed by atoms with Crippen LogP contribution in [-0.4, -0.2) is 49.7 Å². The zero-order valence-corrected chi connectivity index (χ0v) is 19.8. The Morgan fingerprint density at radius 1 is 0.875 bits per heavy atom. The average molecular weight is 514 g/mol. The second-order valence-electron chi connectivity index (χ2n) is 7.66. The van der Waals surface area contributed by atoms with Crippen molar-refractivity contribution in [3.8, 4) is 0 Å². The molecule has 0 aromatic heterocycles. The Morgan fingerprint density at radius 3 is 2.31 bits per heavy atom. The molecule has 32 heavy (non-hydrogen) atoms. The number of carbonyl (C=O) groups is 1. The maximum atomic E-state index is 12.8. The predicted molar refractivity (Wildman–Crippen MR) is 129 cm³/mol. The number of hydrogen-bond donors (Lipinski definition) is 1. The Morgan fingerprint density at radius 2 is 1.59 bits per heavy atom. The lowest BCUT2D eigenvalue weighted by Crippen LogP contribution is -2.48. The molecule has 1 fully saturated rings. The predicted octanol–water partition coefficient (Wildman–Crippen LogP) is 4.21. The maximum Gasteiger partial charge on any atom is 0.255 e. The lowest BCUT2D eigenvalue weighted by Gasteiger charge is -2.34. The largest absolute Gasteiger partial charge is 0.322 e. The van der Waals surface area contributed by atoms with Crippen LogP contribution in [0.3, 0.4) is 0 Å². The van der Waals surface area contributed by atoms with Crippen LogP contribution in [0.4, 0.5) is 5.69 Å². The third-order valence-corrected chi connectivity index (χ3v) is 7.80. The van der Waals surface area contributed by atoms with Gasteiger partial charge < -0.3 is 5.32 Å². The number of amides is 1. The molecule has 0 unspecified atom stereocenters. The van der Waals surface area contributed by atoms with Gasteiger partial charge in [0, 0.05) is 48.4 Å². The Labute approximate surface area is 197 Å². The molecule has 6 nitrogen and oxygen atoms in total. The van der Waals surface area contributed by atoms with Crippen LogP contribution < -0.4 is 5.32 Å². The van der Waals surface area contributed by atoms with Crippen LogP contribution in [0.5, 0.6) is 0 Å². The molecule has 8 heteroatoms. The van der Waals surface area contributed by atoms with E-state index in [4.69, 9.17) is 0 Å². The summed E-state index contributed by atoms with van der Waals surface area (Å²) < 4.78 is 28.0. The SMILES string of the molecule is O=C(Nc1cccc(Br)c1)c1cccc(CN2CCN(S(=O)(=O)c3ccccc3)CC2)c1. The number of anilines is 1. The van der Waals surface area contributed by atoms with E-state index in [0.717, 1.165) is 15.7 Å². The summed E-state index contributed by atoms with van der Waals surface area (Å²) in [5.41, 5.74) is 2.34. The second-order valence-corrected chi connectivity index (χ2v) is 10.5. The number of piperazine rings is 1. The van der Waals surface area contributed by atoms with Crippen molar-refractivity contribution in [3.63, 3.8) is 0 Å². The summed E-state index contributed by atoms with van der Waals surface area (Å²) in [7, 11) is -3.46. The highest BCUT2D eigenvalue weighted by Gasteiger charge is 2.28. The number of carbonyl (C=O) groups excluding carboxylic acids is 1. The van der Waals surface area contributed by atoms with Crippen LogP contribution in [-0.2, 0) is 16.6 Å². The van der Waals surface area contributed by atoms with Crippen LogP contribution in [0, 0.1) is 0 Å². The van der Waals surface area contributed by atoms with E-state index in [-0.39, 0.29) is 5.91 Å². The van der Waals surface area contributed by atoms with Crippen LogP contribution in [0.25, 0.3) is 0 Å². The Hall–Kier alpha value is -2.52. The van der Waals surface area contributed by atoms with Crippen LogP contribution in [0.2, 0.25) is 0 Å². The first-order valence-electron chi connectivity index (χ1n) is 10.4. The summed E-state index contributed by atoms with van der Waals surface area (Å²) in [5, 5.41) is 2.91. The fourth-order valence-corrected chi connectivity index (χ4v) is 5.55. The summed E-state index contributed by atoms with van der Waals surface area (Å²) in [6.07, 6.45) is 0. The van der Waals surface area contributed by atoms with Gasteiger partial charge in [0.1, 0.15) is 0 Å². The van der Waals surface area contributed by atoms with Crippen LogP contribution >= 0.6 is 15.9 Å². The summed E-state index contributed by atoms with van der Waals surface area (Å²) in [4.78, 5) is 15.2. The third-order valence-electron chi connectivity index (χ3n) is 5.39. The molecule has 0 spiro atoms. The highest BCUT2D eigenvalue weighted by atomic mass is 79.9. The van der Waals surface area contributed by atoms with Crippen molar-refractivity contribution in [3.05, 3.63) is 94.5 Å². The summed E-state index contributed by atoms with van der Waals surface area (Å²) in [5.74, 6) is -0.163. The molecule has 0 aliphatic carbocycles. The molecular formula is C24H24BrN3O3S. The van der Waals surface area contributed by atoms with Gasteiger partial charge in [0.05, 0.1) is 4.90 Å². The van der Waals surface area contributed by atoms with Gasteiger partial charge in [0.25, 0.3) is 5.91 Å². The van der Waals surface area contributed by atoms with Gasteiger partial charge in [-0.25, -0.2) is 8.42 Å². The molecule has 0 atom stereocenters. The van der Waals surface area contributed by atoms with E-state index in [1.807, 2.05) is 48.5 Å². The van der Waals surface area contributed by atoms with E-state index in [1.54, 1.807) is 34.6 Å². The van der Waals surface area contributed by atoms with Gasteiger partial charge in [-0.3, -0.25) is 9.69 Å². The summed E-state index contributed by atoms with van der Waals surface area (Å²) in [6.45, 7) is 2.83. The number of rotatable bonds is 6. The molecule has 166 valence electrons. The minimum absolute atomic E-state index is 0.163. The first-order chi connectivity index (χ1) is 15.4. The molecule has 0 saturated carbocycles. The Balaban J connectivity index is 1.36. The van der Waals surface area contributed by atoms with Crippen molar-refractivity contribution in [1.29, 1.82) is 0 Å². The molecule has 1 aliphatic rings. The highest BCUT2D eigenvalue weighted by molar-refractivity contribution is 9.10. The van der Waals surface area contributed by atoms with Gasteiger partial charge >= 0.3 is 0 Å². The normalized spacial score (nSPS) is 15.4. The van der Waals surface area contributed by atoms with Crippen molar-refractivity contribution >= 4 is 37.5 Å². The number of sulfonamides is 1. The number of hydrogen-bond acceptors (Lipinski definition) is 4. The van der Waals surface area contributed by atoms with Crippen molar-refractivity contribution in [1.82, 2.24) is 9.21 Å². The topological polar surface area (TPSA) is 69.7 Å². The first-order valence-corrected chi connectivity index (χ1v) is 12.6. The molecule has 1 N–H and O–H groups in total. The second kappa shape index (κ2) is 9.95. The molecule has 1 amide bonds. The Kier molecular flexibility index (Phi) is 7.05. The molecule has 1 saturated heterocycles. The maximum absolute atomic E-state index is 12.8. The van der Waals surface area contributed by atoms with Crippen LogP contribution in [0.15, 0.2) is 88.2 Å². The van der Waals surface area contributed by atoms with Gasteiger partial charge in [0.15, 0.2) is 0 Å². The number of nitrogens with zero attached hydrogens (tertiary/aromatic N) is 2. The molecule has 0 bridgehead atoms. The van der Waals surface area contributed by atoms with E-state index in [2.05, 4.69) is 26.1 Å². The van der Waals surface area contributed by atoms with Gasteiger partial charge in [-0.1, -0.05) is 52.3 Å². The molecule has 3 aromatic rings. The zero-order valence-electron chi connectivity index (χ0n) is 17.4. The van der Waals surface area contributed by atoms with Crippen molar-refractivity contribution in [2.24, 2.45) is 0 Å². The molecule has 1 aliphatic heterocycles. The van der Waals surface area contributed by atoms with E-state index in [0.29, 0.717) is 43.2 Å². The lowest BCUT2D eigenvalue weighted by molar-refractivity contribution is 0.102. The van der Waals surface area contributed by atoms with Crippen molar-refractivity contribution in [2.45, 2.75) is 11.4 Å². The minimum Gasteiger partial charge on any atom is -0.322 e. The standard InChI is InChI=1S/C24H24BrN3O3S/c25-21-8-5-9-22(17-21)26-24(29)20-7-4-6-19(16-20)18-27-12-14-28(15-13-27)32(30,31)23-10-2-1-3-11-23/h1-11,16-17H,12-15,18H2,(H,26,29). The zero-order chi connectivity index (χ0) is 22.6. The van der Waals surface area contributed by atoms with Gasteiger partial charge in [-0.2, -0.15) is 4.31 Å². The fourth-order valence-electron chi connectivity index (χ4n) is 3.71. The smallest absolute Gasteiger partial charge is 0.255 e. The summed E-state index contributed by atoms with van der Waals surface area (Å²) >= 11 is 3.41. The third kappa shape index (κ3) is 5.45. The van der Waals surface area contributed by atoms with E-state index >= 15 is 0 Å². The number of halogens is 1. The summed E-state index contributed by atoms with van der Waals surface area (Å²) in [6, 6.07) is 23.6. The molecule has 4 rings (SSSR count). The first kappa shape index (κ1) is 22.7. The van der Waals surface area contributed by atoms with E-state index in [1.165, 1.54) is 0 Å². The highest BCUT2D eigenvalue weighted by Crippen LogP contribution is 2.19. The molecule has 3 aromatic carbocycles. The molecule has 0 radical (unpaired) electrons. The van der Waals surface area contributed by atoms with Crippen molar-refractivity contribution in [2.75, 3.05) is 31.5 Å². The quantitative estimate of drug-likeness (QED) is 0.535. The average Bonchev–Trinajstić information content (AvgIpc) is 2.80. The lowest BCUT2D eigenvalue weighted by atomic mass is 10.1. The van der Waals surface area contributed by atoms with Gasteiger partial charge in [-0.05, 0) is 48.0 Å². The molecular weight excluding hydrogens is 490 g/mol. The van der Waals surface area contributed by atoms with Gasteiger partial charge in [-0.15, -0.1) is 0 Å². The van der Waals surface area contributed by atoms with Crippen molar-refractivity contribution < 1.29 is 13.2 Å².